The number of aliphatic carboxylic acids is 2. The van der Waals surface area contributed by atoms with Crippen molar-refractivity contribution in [3.63, 3.8) is 0 Å². The molecular weight excluding hydrogens is 791 g/mol. The Labute approximate surface area is 366 Å². The van der Waals surface area contributed by atoms with E-state index in [2.05, 4.69) is 10.6 Å². The molecule has 0 aromatic heterocycles. The van der Waals surface area contributed by atoms with E-state index in [4.69, 9.17) is 28.8 Å². The van der Waals surface area contributed by atoms with Crippen LogP contribution >= 0.6 is 0 Å². The van der Waals surface area contributed by atoms with Crippen molar-refractivity contribution in [2.75, 3.05) is 13.2 Å². The van der Waals surface area contributed by atoms with E-state index in [0.29, 0.717) is 12.8 Å². The van der Waals surface area contributed by atoms with E-state index in [-0.39, 0.29) is 86.3 Å². The fourth-order valence-corrected chi connectivity index (χ4v) is 8.62. The number of aliphatic hydroxyl groups is 5. The quantitative estimate of drug-likeness (QED) is 0.0422. The Morgan fingerprint density at radius 3 is 2.17 bits per heavy atom. The Kier molecular flexibility index (Phi) is 21.6. The third kappa shape index (κ3) is 14.6. The van der Waals surface area contributed by atoms with Gasteiger partial charge < -0.3 is 74.9 Å². The molecule has 7 unspecified atom stereocenters. The molecule has 0 radical (unpaired) electrons. The van der Waals surface area contributed by atoms with Gasteiger partial charge in [-0.3, -0.25) is 19.2 Å². The number of ether oxygens (including phenoxy) is 5. The summed E-state index contributed by atoms with van der Waals surface area (Å²) >= 11 is 0. The molecule has 332 valence electrons. The van der Waals surface area contributed by atoms with Gasteiger partial charge in [0, 0.05) is 32.2 Å². The summed E-state index contributed by atoms with van der Waals surface area (Å²) in [5.74, 6) is -4.89. The summed E-state index contributed by atoms with van der Waals surface area (Å²) in [4.78, 5) is 61.6. The zero-order valence-corrected chi connectivity index (χ0v) is 36.5. The van der Waals surface area contributed by atoms with Crippen LogP contribution in [0.1, 0.15) is 104 Å². The number of Topliss-reactive ketones (excluding diaryl/α,β-unsaturated/α-hetero) is 1. The molecule has 19 nitrogen and oxygen atoms in total. The molecule has 4 rings (SSSR count). The Hall–Kier alpha value is -1.85. The number of carboxylic acids is 2. The van der Waals surface area contributed by atoms with E-state index in [1.54, 1.807) is 0 Å². The van der Waals surface area contributed by atoms with Gasteiger partial charge in [-0.05, 0) is 44.4 Å². The minimum atomic E-state index is -1.68. The first-order chi connectivity index (χ1) is 27.5. The number of carbonyl (C=O) groups is 5. The molecule has 0 aromatic rings. The molecule has 2 amide bonds. The third-order valence-corrected chi connectivity index (χ3v) is 11.9. The van der Waals surface area contributed by atoms with Crippen LogP contribution in [0.4, 0.5) is 0 Å². The summed E-state index contributed by atoms with van der Waals surface area (Å²) in [6.07, 6.45) is -11.5. The second kappa shape index (κ2) is 24.7. The molecule has 2 saturated carbocycles. The van der Waals surface area contributed by atoms with Crippen LogP contribution in [-0.2, 0) is 47.7 Å². The molecule has 2 aliphatic carbocycles. The molecule has 2 aliphatic heterocycles. The van der Waals surface area contributed by atoms with Crippen molar-refractivity contribution in [1.82, 2.24) is 10.6 Å². The number of amides is 2. The van der Waals surface area contributed by atoms with Crippen molar-refractivity contribution < 1.29 is 113 Å². The van der Waals surface area contributed by atoms with Crippen molar-refractivity contribution in [3.05, 3.63) is 0 Å². The molecule has 0 spiro atoms. The van der Waals surface area contributed by atoms with Gasteiger partial charge in [0.25, 0.3) is 0 Å². The van der Waals surface area contributed by atoms with E-state index in [9.17, 15) is 54.6 Å². The summed E-state index contributed by atoms with van der Waals surface area (Å²) in [5.41, 5.74) is 0. The van der Waals surface area contributed by atoms with Gasteiger partial charge >= 0.3 is 35.5 Å². The number of rotatable bonds is 20. The number of carbonyl (C=O) groups excluding carboxylic acids is 4. The average molecular weight is 855 g/mol. The van der Waals surface area contributed by atoms with Crippen LogP contribution in [0.3, 0.4) is 0 Å². The molecule has 2 heterocycles. The van der Waals surface area contributed by atoms with E-state index in [0.717, 1.165) is 32.1 Å². The molecule has 4 aliphatic rings. The second-order valence-electron chi connectivity index (χ2n) is 16.2. The van der Waals surface area contributed by atoms with E-state index >= 15 is 0 Å². The molecule has 0 aromatic carbocycles. The van der Waals surface area contributed by atoms with Crippen molar-refractivity contribution in [1.29, 1.82) is 0 Å². The fourth-order valence-electron chi connectivity index (χ4n) is 8.62. The van der Waals surface area contributed by atoms with Gasteiger partial charge in [0.2, 0.25) is 11.8 Å². The standard InChI is InChI=1S/C39H64N2O17.Na/c1-4-22-16-23(24(44)11-8-14-40-28(45)12-13-29(46)47)17-25(35(22)58-39-34(51)33(50)31(48)19(2)54-39)56-38-30(41-20(3)43)36(32(49)27(18-42)57-38)55-26(37(52)53)15-21-9-6-5-7-10-21;/h19,21-23,25-27,30-36,38-39,42,48-51H,4-18H2,1-3H3,(H,40,45)(H,41,43)(H,46,47)(H,52,53);/q;+1/p-1/t19?,22?,23?,25-,26+,27?,30?,31-,32+,33?,34+,35-,36?,38-,39+;/m1./s1. The Bertz CT molecular complexity index is 1370. The van der Waals surface area contributed by atoms with Crippen molar-refractivity contribution in [2.24, 2.45) is 17.8 Å². The number of carboxylic acid groups (broad SMARTS) is 2. The Morgan fingerprint density at radius 1 is 0.864 bits per heavy atom. The van der Waals surface area contributed by atoms with E-state index < -0.39 is 122 Å². The molecular formula is C39H63N2NaO17. The summed E-state index contributed by atoms with van der Waals surface area (Å²) in [6, 6.07) is -1.35. The maximum atomic E-state index is 13.7. The second-order valence-corrected chi connectivity index (χ2v) is 16.2. The van der Waals surface area contributed by atoms with Crippen LogP contribution in [0.15, 0.2) is 0 Å². The van der Waals surface area contributed by atoms with Crippen LogP contribution in [-0.4, -0.2) is 153 Å². The first kappa shape index (κ1) is 51.5. The summed E-state index contributed by atoms with van der Waals surface area (Å²) in [5, 5.41) is 80.0. The molecule has 15 atom stereocenters. The van der Waals surface area contributed by atoms with E-state index in [1.165, 1.54) is 13.8 Å². The molecule has 0 bridgehead atoms. The van der Waals surface area contributed by atoms with Crippen LogP contribution in [0, 0.1) is 17.8 Å². The van der Waals surface area contributed by atoms with Gasteiger partial charge in [0.15, 0.2) is 12.6 Å². The maximum absolute atomic E-state index is 13.7. The topological polar surface area (TPSA) is 300 Å². The predicted molar refractivity (Wildman–Crippen MR) is 197 cm³/mol. The Balaban J connectivity index is 0.00000930. The van der Waals surface area contributed by atoms with Gasteiger partial charge in [-0.25, -0.2) is 0 Å². The minimum Gasteiger partial charge on any atom is -0.547 e. The zero-order chi connectivity index (χ0) is 42.7. The van der Waals surface area contributed by atoms with Crippen LogP contribution in [0.25, 0.3) is 0 Å². The molecule has 4 fully saturated rings. The fraction of sp³-hybridized carbons (Fsp3) is 0.872. The van der Waals surface area contributed by atoms with Gasteiger partial charge in [-0.1, -0.05) is 45.4 Å². The largest absolute Gasteiger partial charge is 1.00 e. The number of ketones is 1. The number of nitrogens with one attached hydrogen (secondary N) is 2. The van der Waals surface area contributed by atoms with Crippen LogP contribution in [0.2, 0.25) is 0 Å². The monoisotopic (exact) mass is 854 g/mol. The number of hydrogen-bond donors (Lipinski definition) is 8. The first-order valence-electron chi connectivity index (χ1n) is 20.6. The van der Waals surface area contributed by atoms with Crippen LogP contribution < -0.4 is 45.3 Å². The van der Waals surface area contributed by atoms with Crippen molar-refractivity contribution in [2.45, 2.75) is 184 Å². The smallest absolute Gasteiger partial charge is 0.547 e. The first-order valence-corrected chi connectivity index (χ1v) is 20.6. The minimum absolute atomic E-state index is 0. The van der Waals surface area contributed by atoms with Crippen molar-refractivity contribution >= 4 is 29.5 Å². The molecule has 8 N–H and O–H groups in total. The summed E-state index contributed by atoms with van der Waals surface area (Å²) in [6.45, 7) is 3.93. The molecule has 59 heavy (non-hydrogen) atoms. The van der Waals surface area contributed by atoms with Gasteiger partial charge in [0.05, 0.1) is 43.4 Å². The number of aliphatic hydroxyl groups excluding tert-OH is 5. The summed E-state index contributed by atoms with van der Waals surface area (Å²) in [7, 11) is 0. The molecule has 20 heteroatoms. The molecule has 2 saturated heterocycles. The zero-order valence-electron chi connectivity index (χ0n) is 34.5. The average Bonchev–Trinajstić information content (AvgIpc) is 3.19. The maximum Gasteiger partial charge on any atom is 1.00 e. The van der Waals surface area contributed by atoms with Gasteiger partial charge in [-0.15, -0.1) is 0 Å². The Morgan fingerprint density at radius 2 is 1.56 bits per heavy atom. The summed E-state index contributed by atoms with van der Waals surface area (Å²) < 4.78 is 30.8. The van der Waals surface area contributed by atoms with Gasteiger partial charge in [-0.2, -0.15) is 0 Å². The number of hydrogen-bond acceptors (Lipinski definition) is 16. The SMILES string of the molecule is CCC1CC(C(=O)CCCNC(=O)CCC(=O)O)C[C@@H](O[C@@H]2OC(CO)[C@H](O)C(O[C@@H](CC3CCCCC3)C(=O)[O-])C2NC(C)=O)[C@@H]1O[C@@H]1OC(C)[C@@H](O)C(O)[C@@H]1O.[Na+]. The van der Waals surface area contributed by atoms with Gasteiger partial charge in [0.1, 0.15) is 48.4 Å². The predicted octanol–water partition coefficient (Wildman–Crippen LogP) is -4.59. The van der Waals surface area contributed by atoms with Crippen LogP contribution in [0.5, 0.6) is 0 Å². The normalized spacial score (nSPS) is 35.8. The van der Waals surface area contributed by atoms with Crippen molar-refractivity contribution in [3.8, 4) is 0 Å². The van der Waals surface area contributed by atoms with E-state index in [1.807, 2.05) is 6.92 Å². The third-order valence-electron chi connectivity index (χ3n) is 11.9.